The van der Waals surface area contributed by atoms with Gasteiger partial charge in [-0.3, -0.25) is 4.79 Å². The highest BCUT2D eigenvalue weighted by molar-refractivity contribution is 8.00. The van der Waals surface area contributed by atoms with Gasteiger partial charge >= 0.3 is 11.5 Å². The summed E-state index contributed by atoms with van der Waals surface area (Å²) < 4.78 is 37.6. The van der Waals surface area contributed by atoms with Gasteiger partial charge in [0.1, 0.15) is 0 Å². The molecule has 0 aliphatic carbocycles. The van der Waals surface area contributed by atoms with E-state index in [0.717, 1.165) is 10.6 Å². The van der Waals surface area contributed by atoms with Crippen LogP contribution in [-0.2, 0) is 6.54 Å². The van der Waals surface area contributed by atoms with Crippen molar-refractivity contribution in [2.24, 2.45) is 0 Å². The summed E-state index contributed by atoms with van der Waals surface area (Å²) in [6.07, 6.45) is 0. The smallest absolute Gasteiger partial charge is 0.441 e. The van der Waals surface area contributed by atoms with Gasteiger partial charge in [0.2, 0.25) is 0 Å². The van der Waals surface area contributed by atoms with Crippen LogP contribution < -0.4 is 5.56 Å². The Labute approximate surface area is 121 Å². The summed E-state index contributed by atoms with van der Waals surface area (Å²) in [5, 5.41) is 9.40. The molecule has 1 N–H and O–H groups in total. The Bertz CT molecular complexity index is 739. The van der Waals surface area contributed by atoms with E-state index in [-0.39, 0.29) is 29.6 Å². The molecule has 0 spiro atoms. The van der Waals surface area contributed by atoms with Gasteiger partial charge in [0.15, 0.2) is 0 Å². The number of alkyl halides is 3. The van der Waals surface area contributed by atoms with Crippen molar-refractivity contribution in [3.05, 3.63) is 46.2 Å². The van der Waals surface area contributed by atoms with E-state index < -0.39 is 17.0 Å². The van der Waals surface area contributed by atoms with E-state index in [1.807, 2.05) is 0 Å². The van der Waals surface area contributed by atoms with E-state index >= 15 is 0 Å². The monoisotopic (exact) mass is 317 g/mol. The first-order valence-corrected chi connectivity index (χ1v) is 6.85. The number of benzene rings is 1. The van der Waals surface area contributed by atoms with Crippen LogP contribution in [0.25, 0.3) is 10.9 Å². The number of pyridine rings is 1. The minimum absolute atomic E-state index is 0.149. The molecule has 0 unspecified atom stereocenters. The van der Waals surface area contributed by atoms with E-state index in [2.05, 4.69) is 0 Å². The number of carboxylic acid groups (broad SMARTS) is 1. The van der Waals surface area contributed by atoms with Gasteiger partial charge in [0.25, 0.3) is 5.56 Å². The number of aromatic nitrogens is 1. The van der Waals surface area contributed by atoms with Crippen LogP contribution in [0, 0.1) is 0 Å². The van der Waals surface area contributed by atoms with Gasteiger partial charge in [-0.1, -0.05) is 18.2 Å². The third kappa shape index (κ3) is 3.57. The molecular formula is C13H10F3NO3S. The summed E-state index contributed by atoms with van der Waals surface area (Å²) in [5.74, 6) is -1.57. The first-order chi connectivity index (χ1) is 9.79. The van der Waals surface area contributed by atoms with Crippen LogP contribution in [0.1, 0.15) is 10.4 Å². The predicted octanol–water partition coefficient (Wildman–Crippen LogP) is 2.95. The molecule has 2 rings (SSSR count). The average Bonchev–Trinajstić information content (AvgIpc) is 2.39. The molecule has 8 heteroatoms. The first kappa shape index (κ1) is 15.4. The van der Waals surface area contributed by atoms with Gasteiger partial charge in [-0.2, -0.15) is 13.2 Å². The number of halogens is 3. The van der Waals surface area contributed by atoms with Crippen molar-refractivity contribution in [3.63, 3.8) is 0 Å². The zero-order valence-electron chi connectivity index (χ0n) is 10.6. The second-order valence-corrected chi connectivity index (χ2v) is 5.32. The fraction of sp³-hybridized carbons (Fsp3) is 0.231. The van der Waals surface area contributed by atoms with Crippen molar-refractivity contribution in [2.45, 2.75) is 12.1 Å². The lowest BCUT2D eigenvalue weighted by Gasteiger charge is -2.12. The number of carbonyl (C=O) groups is 1. The molecule has 0 atom stereocenters. The Morgan fingerprint density at radius 2 is 1.95 bits per heavy atom. The summed E-state index contributed by atoms with van der Waals surface area (Å²) in [4.78, 5) is 23.0. The molecule has 1 aromatic carbocycles. The summed E-state index contributed by atoms with van der Waals surface area (Å²) >= 11 is -0.220. The van der Waals surface area contributed by atoms with Crippen molar-refractivity contribution in [3.8, 4) is 0 Å². The Hall–Kier alpha value is -1.96. The first-order valence-electron chi connectivity index (χ1n) is 5.86. The molecule has 112 valence electrons. The van der Waals surface area contributed by atoms with Crippen LogP contribution in [0.2, 0.25) is 0 Å². The van der Waals surface area contributed by atoms with Crippen molar-refractivity contribution < 1.29 is 23.1 Å². The van der Waals surface area contributed by atoms with Crippen LogP contribution in [0.4, 0.5) is 13.2 Å². The minimum Gasteiger partial charge on any atom is -0.478 e. The van der Waals surface area contributed by atoms with Gasteiger partial charge in [-0.25, -0.2) is 4.79 Å². The maximum absolute atomic E-state index is 12.1. The highest BCUT2D eigenvalue weighted by Gasteiger charge is 2.27. The van der Waals surface area contributed by atoms with Crippen molar-refractivity contribution in [1.29, 1.82) is 0 Å². The molecule has 0 aliphatic heterocycles. The van der Waals surface area contributed by atoms with Crippen LogP contribution in [0.15, 0.2) is 35.1 Å². The van der Waals surface area contributed by atoms with Gasteiger partial charge in [0.05, 0.1) is 11.1 Å². The van der Waals surface area contributed by atoms with Crippen molar-refractivity contribution in [1.82, 2.24) is 4.57 Å². The molecule has 0 saturated carbocycles. The molecular weight excluding hydrogens is 307 g/mol. The van der Waals surface area contributed by atoms with E-state index in [1.165, 1.54) is 12.1 Å². The summed E-state index contributed by atoms with van der Waals surface area (Å²) in [7, 11) is 0. The normalized spacial score (nSPS) is 11.8. The number of fused-ring (bicyclic) bond motifs is 1. The number of hydrogen-bond acceptors (Lipinski definition) is 3. The zero-order chi connectivity index (χ0) is 15.6. The lowest BCUT2D eigenvalue weighted by molar-refractivity contribution is -0.0328. The fourth-order valence-electron chi connectivity index (χ4n) is 1.99. The molecule has 1 aromatic heterocycles. The Morgan fingerprint density at radius 3 is 2.57 bits per heavy atom. The highest BCUT2D eigenvalue weighted by Crippen LogP contribution is 2.30. The largest absolute Gasteiger partial charge is 0.478 e. The molecule has 1 heterocycles. The second kappa shape index (κ2) is 5.80. The maximum atomic E-state index is 12.1. The van der Waals surface area contributed by atoms with E-state index in [9.17, 15) is 22.8 Å². The number of para-hydroxylation sites is 1. The summed E-state index contributed by atoms with van der Waals surface area (Å²) in [5.41, 5.74) is -4.84. The number of aromatic carboxylic acids is 1. The lowest BCUT2D eigenvalue weighted by Crippen LogP contribution is -2.23. The quantitative estimate of drug-likeness (QED) is 0.942. The number of hydrogen-bond donors (Lipinski definition) is 1. The summed E-state index contributed by atoms with van der Waals surface area (Å²) in [6, 6.07) is 7.17. The Kier molecular flexibility index (Phi) is 4.26. The van der Waals surface area contributed by atoms with Crippen LogP contribution in [0.5, 0.6) is 0 Å². The Morgan fingerprint density at radius 1 is 1.29 bits per heavy atom. The summed E-state index contributed by atoms with van der Waals surface area (Å²) in [6.45, 7) is -0.149. The van der Waals surface area contributed by atoms with Gasteiger partial charge in [-0.05, 0) is 17.8 Å². The van der Waals surface area contributed by atoms with Crippen molar-refractivity contribution in [2.75, 3.05) is 5.75 Å². The molecule has 2 aromatic rings. The standard InChI is InChI=1S/C13H10F3NO3S/c14-13(15,16)21-6-5-17-10-4-2-1-3-8(10)9(12(19)20)7-11(17)18/h1-4,7H,5-6H2,(H,19,20). The molecule has 0 radical (unpaired) electrons. The molecule has 0 saturated heterocycles. The van der Waals surface area contributed by atoms with E-state index in [0.29, 0.717) is 10.9 Å². The molecule has 21 heavy (non-hydrogen) atoms. The van der Waals surface area contributed by atoms with E-state index in [1.54, 1.807) is 12.1 Å². The van der Waals surface area contributed by atoms with E-state index in [4.69, 9.17) is 5.11 Å². The SMILES string of the molecule is O=C(O)c1cc(=O)n(CCSC(F)(F)F)c2ccccc12. The Balaban J connectivity index is 2.45. The number of rotatable bonds is 4. The maximum Gasteiger partial charge on any atom is 0.441 e. The molecule has 0 amide bonds. The minimum atomic E-state index is -4.36. The van der Waals surface area contributed by atoms with Gasteiger partial charge < -0.3 is 9.67 Å². The van der Waals surface area contributed by atoms with Crippen molar-refractivity contribution >= 4 is 28.6 Å². The third-order valence-corrected chi connectivity index (χ3v) is 3.54. The number of aryl methyl sites for hydroxylation is 1. The molecule has 0 bridgehead atoms. The lowest BCUT2D eigenvalue weighted by atomic mass is 10.1. The average molecular weight is 317 g/mol. The third-order valence-electron chi connectivity index (χ3n) is 2.83. The highest BCUT2D eigenvalue weighted by atomic mass is 32.2. The second-order valence-electron chi connectivity index (χ2n) is 4.16. The fourth-order valence-corrected chi connectivity index (χ4v) is 2.50. The van der Waals surface area contributed by atoms with Crippen LogP contribution in [-0.4, -0.2) is 26.9 Å². The van der Waals surface area contributed by atoms with Gasteiger partial charge in [0, 0.05) is 23.8 Å². The van der Waals surface area contributed by atoms with Gasteiger partial charge in [-0.15, -0.1) is 0 Å². The topological polar surface area (TPSA) is 59.3 Å². The number of carboxylic acids is 1. The molecule has 4 nitrogen and oxygen atoms in total. The molecule has 0 aliphatic rings. The predicted molar refractivity (Wildman–Crippen MR) is 73.7 cm³/mol. The molecule has 0 fully saturated rings. The van der Waals surface area contributed by atoms with Crippen LogP contribution in [0.3, 0.4) is 0 Å². The number of nitrogens with zero attached hydrogens (tertiary/aromatic N) is 1. The zero-order valence-corrected chi connectivity index (χ0v) is 11.4. The number of thioether (sulfide) groups is 1. The van der Waals surface area contributed by atoms with Crippen LogP contribution >= 0.6 is 11.8 Å².